The molecule has 1 aliphatic heterocycles. The van der Waals surface area contributed by atoms with Crippen LogP contribution < -0.4 is 0 Å². The van der Waals surface area contributed by atoms with Crippen molar-refractivity contribution < 1.29 is 8.78 Å². The minimum absolute atomic E-state index is 0.412. The van der Waals surface area contributed by atoms with E-state index in [1.807, 2.05) is 0 Å². The van der Waals surface area contributed by atoms with Crippen molar-refractivity contribution in [3.05, 3.63) is 35.4 Å². The van der Waals surface area contributed by atoms with Crippen molar-refractivity contribution in [3.8, 4) is 0 Å². The fourth-order valence-corrected chi connectivity index (χ4v) is 6.86. The van der Waals surface area contributed by atoms with E-state index in [4.69, 9.17) is 11.1 Å². The first-order valence-electron chi connectivity index (χ1n) is 8.22. The van der Waals surface area contributed by atoms with Gasteiger partial charge in [0.15, 0.2) is 11.6 Å². The summed E-state index contributed by atoms with van der Waals surface area (Å²) in [6, 6.07) is 7.02. The van der Waals surface area contributed by atoms with E-state index in [1.165, 1.54) is 49.9 Å². The topological polar surface area (TPSA) is 0 Å². The van der Waals surface area contributed by atoms with Gasteiger partial charge in [0.2, 0.25) is 0 Å². The van der Waals surface area contributed by atoms with E-state index in [2.05, 4.69) is 0 Å². The van der Waals surface area contributed by atoms with Crippen LogP contribution in [0.5, 0.6) is 0 Å². The maximum atomic E-state index is 13.4. The zero-order valence-corrected chi connectivity index (χ0v) is 14.2. The zero-order chi connectivity index (χ0) is 14.8. The van der Waals surface area contributed by atoms with Crippen molar-refractivity contribution in [2.75, 3.05) is 0 Å². The lowest BCUT2D eigenvalue weighted by molar-refractivity contribution is 0.216. The highest BCUT2D eigenvalue weighted by Gasteiger charge is 2.31. The van der Waals surface area contributed by atoms with Crippen LogP contribution in [0.15, 0.2) is 18.2 Å². The molecule has 0 spiro atoms. The quantitative estimate of drug-likeness (QED) is 0.489. The SMILES string of the molecule is Fc1ccc([C@H]2CC[C@H](C3CC[SiH](Cl)CC3)CC2)cc1F. The molecule has 1 saturated carbocycles. The van der Waals surface area contributed by atoms with Crippen LogP contribution in [-0.2, 0) is 0 Å². The molecule has 2 fully saturated rings. The van der Waals surface area contributed by atoms with Crippen molar-refractivity contribution in [1.29, 1.82) is 0 Å². The van der Waals surface area contributed by atoms with E-state index in [9.17, 15) is 8.78 Å². The van der Waals surface area contributed by atoms with Gasteiger partial charge in [-0.05, 0) is 73.2 Å². The molecule has 1 saturated heterocycles. The molecule has 1 aliphatic carbocycles. The predicted molar refractivity (Wildman–Crippen MR) is 86.4 cm³/mol. The Kier molecular flexibility index (Phi) is 5.00. The summed E-state index contributed by atoms with van der Waals surface area (Å²) < 4.78 is 26.4. The molecular weight excluding hydrogens is 306 g/mol. The van der Waals surface area contributed by atoms with Gasteiger partial charge in [0.05, 0.1) is 0 Å². The standard InChI is InChI=1S/C17H23ClF2Si/c18-21-9-7-14(8-10-21)12-1-3-13(4-2-12)15-5-6-16(19)17(20)11-15/h5-6,11-14,21H,1-4,7-10H2/t12-,13-,14?,21?. The number of benzene rings is 1. The van der Waals surface area contributed by atoms with Gasteiger partial charge in [0, 0.05) is 0 Å². The van der Waals surface area contributed by atoms with Crippen LogP contribution in [0, 0.1) is 23.5 Å². The average molecular weight is 329 g/mol. The molecule has 1 aromatic rings. The lowest BCUT2D eigenvalue weighted by Gasteiger charge is -2.36. The van der Waals surface area contributed by atoms with Gasteiger partial charge < -0.3 is 0 Å². The van der Waals surface area contributed by atoms with Crippen LogP contribution in [0.25, 0.3) is 0 Å². The van der Waals surface area contributed by atoms with Gasteiger partial charge in [-0.15, -0.1) is 0 Å². The minimum Gasteiger partial charge on any atom is -0.204 e. The number of rotatable bonds is 2. The lowest BCUT2D eigenvalue weighted by atomic mass is 9.72. The summed E-state index contributed by atoms with van der Waals surface area (Å²) in [6.07, 6.45) is 7.38. The molecule has 116 valence electrons. The summed E-state index contributed by atoms with van der Waals surface area (Å²) in [5.74, 6) is 0.674. The summed E-state index contributed by atoms with van der Waals surface area (Å²) in [7, 11) is -0.864. The first-order chi connectivity index (χ1) is 10.1. The lowest BCUT2D eigenvalue weighted by Crippen LogP contribution is -2.26. The van der Waals surface area contributed by atoms with Gasteiger partial charge in [0.25, 0.3) is 0 Å². The van der Waals surface area contributed by atoms with E-state index >= 15 is 0 Å². The molecular formula is C17H23ClF2Si. The third-order valence-corrected chi connectivity index (χ3v) is 8.78. The van der Waals surface area contributed by atoms with Crippen molar-refractivity contribution >= 4 is 19.2 Å². The largest absolute Gasteiger partial charge is 0.204 e. The second-order valence-corrected chi connectivity index (χ2v) is 11.0. The fraction of sp³-hybridized carbons (Fsp3) is 0.647. The fourth-order valence-electron chi connectivity index (χ4n) is 4.24. The Bertz CT molecular complexity index is 478. The molecule has 3 rings (SSSR count). The van der Waals surface area contributed by atoms with E-state index in [0.717, 1.165) is 30.2 Å². The Morgan fingerprint density at radius 1 is 0.857 bits per heavy atom. The molecule has 1 aromatic carbocycles. The molecule has 0 bridgehead atoms. The normalized spacial score (nSPS) is 33.9. The van der Waals surface area contributed by atoms with E-state index in [1.54, 1.807) is 6.07 Å². The van der Waals surface area contributed by atoms with Gasteiger partial charge in [0.1, 0.15) is 8.11 Å². The summed E-state index contributed by atoms with van der Waals surface area (Å²) in [5.41, 5.74) is 0.976. The Morgan fingerprint density at radius 2 is 1.48 bits per heavy atom. The van der Waals surface area contributed by atoms with Gasteiger partial charge in [-0.1, -0.05) is 18.9 Å². The molecule has 2 aliphatic rings. The van der Waals surface area contributed by atoms with Gasteiger partial charge in [-0.3, -0.25) is 0 Å². The van der Waals surface area contributed by atoms with Gasteiger partial charge in [-0.25, -0.2) is 8.78 Å². The van der Waals surface area contributed by atoms with E-state index in [0.29, 0.717) is 5.92 Å². The number of halogens is 3. The first-order valence-corrected chi connectivity index (χ1v) is 11.6. The molecule has 0 nitrogen and oxygen atoms in total. The molecule has 0 atom stereocenters. The third kappa shape index (κ3) is 3.68. The molecule has 0 aromatic heterocycles. The van der Waals surface area contributed by atoms with Crippen LogP contribution in [0.4, 0.5) is 8.78 Å². The maximum Gasteiger partial charge on any atom is 0.159 e. The summed E-state index contributed by atoms with van der Waals surface area (Å²) in [6.45, 7) is 0. The van der Waals surface area contributed by atoms with Crippen molar-refractivity contribution in [1.82, 2.24) is 0 Å². The summed E-state index contributed by atoms with van der Waals surface area (Å²) >= 11 is 6.32. The number of hydrogen-bond acceptors (Lipinski definition) is 0. The van der Waals surface area contributed by atoms with Crippen LogP contribution in [0.3, 0.4) is 0 Å². The monoisotopic (exact) mass is 328 g/mol. The smallest absolute Gasteiger partial charge is 0.159 e. The van der Waals surface area contributed by atoms with Gasteiger partial charge >= 0.3 is 0 Å². The Morgan fingerprint density at radius 3 is 2.10 bits per heavy atom. The van der Waals surface area contributed by atoms with Crippen molar-refractivity contribution in [2.45, 2.75) is 56.5 Å². The Labute approximate surface area is 132 Å². The van der Waals surface area contributed by atoms with Crippen molar-refractivity contribution in [2.24, 2.45) is 11.8 Å². The zero-order valence-electron chi connectivity index (χ0n) is 12.3. The molecule has 0 unspecified atom stereocenters. The van der Waals surface area contributed by atoms with Crippen LogP contribution in [0.2, 0.25) is 12.1 Å². The predicted octanol–water partition coefficient (Wildman–Crippen LogP) is 5.61. The van der Waals surface area contributed by atoms with Crippen LogP contribution in [-0.4, -0.2) is 8.11 Å². The molecule has 1 heterocycles. The third-order valence-electron chi connectivity index (χ3n) is 5.55. The van der Waals surface area contributed by atoms with E-state index in [-0.39, 0.29) is 0 Å². The van der Waals surface area contributed by atoms with Crippen LogP contribution >= 0.6 is 11.1 Å². The maximum absolute atomic E-state index is 13.4. The Hall–Kier alpha value is -0.413. The van der Waals surface area contributed by atoms with Crippen LogP contribution in [0.1, 0.15) is 50.0 Å². The molecule has 4 heteroatoms. The second kappa shape index (κ2) is 6.78. The molecule has 0 radical (unpaired) electrons. The first kappa shape index (κ1) is 15.5. The summed E-state index contributed by atoms with van der Waals surface area (Å²) in [5, 5.41) is 0. The average Bonchev–Trinajstić information content (AvgIpc) is 2.51. The Balaban J connectivity index is 1.56. The molecule has 0 N–H and O–H groups in total. The number of hydrogen-bond donors (Lipinski definition) is 0. The minimum atomic E-state index is -0.864. The summed E-state index contributed by atoms with van der Waals surface area (Å²) in [4.78, 5) is 0. The van der Waals surface area contributed by atoms with Crippen molar-refractivity contribution in [3.63, 3.8) is 0 Å². The van der Waals surface area contributed by atoms with E-state index < -0.39 is 19.7 Å². The molecule has 0 amide bonds. The van der Waals surface area contributed by atoms with Gasteiger partial charge in [-0.2, -0.15) is 11.1 Å². The highest BCUT2D eigenvalue weighted by Crippen LogP contribution is 2.43. The molecule has 21 heavy (non-hydrogen) atoms. The highest BCUT2D eigenvalue weighted by molar-refractivity contribution is 7.07. The highest BCUT2D eigenvalue weighted by atomic mass is 35.6. The second-order valence-electron chi connectivity index (χ2n) is 6.80.